The van der Waals surface area contributed by atoms with Gasteiger partial charge in [-0.2, -0.15) is 10.2 Å². The van der Waals surface area contributed by atoms with E-state index in [0.717, 1.165) is 16.1 Å². The van der Waals surface area contributed by atoms with Crippen LogP contribution >= 0.6 is 0 Å². The van der Waals surface area contributed by atoms with Crippen LogP contribution in [0, 0.1) is 0 Å². The Hall–Kier alpha value is -4.53. The van der Waals surface area contributed by atoms with E-state index in [0.29, 0.717) is 23.3 Å². The van der Waals surface area contributed by atoms with E-state index in [-0.39, 0.29) is 5.56 Å². The van der Waals surface area contributed by atoms with Crippen molar-refractivity contribution in [3.05, 3.63) is 82.8 Å². The smallest absolute Gasteiger partial charge is 0.346 e. The van der Waals surface area contributed by atoms with Crippen molar-refractivity contribution in [2.75, 3.05) is 0 Å². The molecule has 0 radical (unpaired) electrons. The number of nitrogens with zero attached hydrogens (tertiary/aromatic N) is 4. The predicted octanol–water partition coefficient (Wildman–Crippen LogP) is 3.70. The summed E-state index contributed by atoms with van der Waals surface area (Å²) in [7, 11) is 0. The number of amides is 3. The topological polar surface area (TPSA) is 110 Å². The van der Waals surface area contributed by atoms with Gasteiger partial charge < -0.3 is 9.73 Å². The Balaban J connectivity index is 1.63. The van der Waals surface area contributed by atoms with Crippen LogP contribution in [0.2, 0.25) is 0 Å². The van der Waals surface area contributed by atoms with Crippen LogP contribution in [0.15, 0.2) is 81.2 Å². The van der Waals surface area contributed by atoms with Crippen molar-refractivity contribution in [2.24, 2.45) is 5.10 Å². The number of fused-ring (bicyclic) bond motifs is 1. The minimum Gasteiger partial charge on any atom is -0.422 e. The number of nitrogens with one attached hydrogen (secondary N) is 1. The lowest BCUT2D eigenvalue weighted by Gasteiger charge is -2.17. The molecule has 4 aromatic rings. The Morgan fingerprint density at radius 3 is 2.56 bits per heavy atom. The maximum atomic E-state index is 12.8. The van der Waals surface area contributed by atoms with Crippen LogP contribution < -0.4 is 10.9 Å². The second kappa shape index (κ2) is 8.11. The predicted molar refractivity (Wildman–Crippen MR) is 127 cm³/mol. The van der Waals surface area contributed by atoms with Gasteiger partial charge in [-0.1, -0.05) is 43.3 Å². The van der Waals surface area contributed by atoms with Crippen molar-refractivity contribution < 1.29 is 14.0 Å². The molecule has 34 heavy (non-hydrogen) atoms. The number of imide groups is 1. The molecule has 9 nitrogen and oxygen atoms in total. The number of carbonyl (C=O) groups excluding carboxylic acids is 2. The van der Waals surface area contributed by atoms with Crippen LogP contribution in [0.1, 0.15) is 25.8 Å². The molecule has 9 heteroatoms. The molecule has 0 spiro atoms. The number of para-hydroxylation sites is 2. The summed E-state index contributed by atoms with van der Waals surface area (Å²) < 4.78 is 7.10. The van der Waals surface area contributed by atoms with Gasteiger partial charge in [0.05, 0.1) is 17.5 Å². The van der Waals surface area contributed by atoms with Gasteiger partial charge >= 0.3 is 11.7 Å². The highest BCUT2D eigenvalue weighted by Gasteiger charge is 2.46. The molecule has 3 amide bonds. The first-order chi connectivity index (χ1) is 16.4. The Morgan fingerprint density at radius 2 is 1.82 bits per heavy atom. The third-order valence-corrected chi connectivity index (χ3v) is 5.92. The molecule has 2 aromatic carbocycles. The highest BCUT2D eigenvalue weighted by atomic mass is 16.4. The van der Waals surface area contributed by atoms with Crippen molar-refractivity contribution in [3.8, 4) is 16.9 Å². The van der Waals surface area contributed by atoms with Crippen molar-refractivity contribution in [1.29, 1.82) is 0 Å². The normalized spacial score (nSPS) is 18.2. The molecule has 5 rings (SSSR count). The zero-order valence-electron chi connectivity index (χ0n) is 18.6. The second-order valence-corrected chi connectivity index (χ2v) is 8.18. The number of hydrogen-bond acceptors (Lipinski definition) is 6. The summed E-state index contributed by atoms with van der Waals surface area (Å²) in [5.74, 6) is -0.446. The minimum atomic E-state index is -1.01. The van der Waals surface area contributed by atoms with E-state index in [1.807, 2.05) is 49.4 Å². The molecule has 1 saturated heterocycles. The van der Waals surface area contributed by atoms with Crippen molar-refractivity contribution in [3.63, 3.8) is 0 Å². The van der Waals surface area contributed by atoms with Crippen LogP contribution in [-0.2, 0) is 4.79 Å². The summed E-state index contributed by atoms with van der Waals surface area (Å²) in [6.07, 6.45) is 3.47. The Kier molecular flexibility index (Phi) is 5.09. The van der Waals surface area contributed by atoms with Gasteiger partial charge in [0.1, 0.15) is 16.8 Å². The summed E-state index contributed by atoms with van der Waals surface area (Å²) in [4.78, 5) is 37.9. The highest BCUT2D eigenvalue weighted by Crippen LogP contribution is 2.25. The van der Waals surface area contributed by atoms with Crippen molar-refractivity contribution in [1.82, 2.24) is 20.1 Å². The van der Waals surface area contributed by atoms with Crippen molar-refractivity contribution in [2.45, 2.75) is 25.8 Å². The summed E-state index contributed by atoms with van der Waals surface area (Å²) >= 11 is 0. The maximum absolute atomic E-state index is 12.8. The molecule has 3 heterocycles. The summed E-state index contributed by atoms with van der Waals surface area (Å²) in [6.45, 7) is 3.47. The average molecular weight is 455 g/mol. The van der Waals surface area contributed by atoms with E-state index in [2.05, 4.69) is 15.5 Å². The number of aromatic nitrogens is 2. The molecule has 1 aliphatic heterocycles. The Morgan fingerprint density at radius 1 is 1.09 bits per heavy atom. The second-order valence-electron chi connectivity index (χ2n) is 8.18. The summed E-state index contributed by atoms with van der Waals surface area (Å²) in [5, 5.41) is 13.0. The number of carbonyl (C=O) groups is 2. The molecule has 170 valence electrons. The standard InChI is InChI=1S/C25H21N5O4/c1-3-25(2)23(32)30(24(33)27-25)26-14-17-15-29(18-10-5-4-6-11-18)28-21(17)19-13-16-9-7-8-12-20(16)34-22(19)31/h4-15H,3H2,1-2H3,(H,27,33)/b26-14-/t25-/m1/s1. The molecule has 1 N–H and O–H groups in total. The molecule has 1 fully saturated rings. The average Bonchev–Trinajstić information content (AvgIpc) is 3.36. The molecular formula is C25H21N5O4. The lowest BCUT2D eigenvalue weighted by molar-refractivity contribution is -0.130. The maximum Gasteiger partial charge on any atom is 0.346 e. The van der Waals surface area contributed by atoms with Gasteiger partial charge in [-0.15, -0.1) is 5.01 Å². The van der Waals surface area contributed by atoms with E-state index in [4.69, 9.17) is 4.42 Å². The first kappa shape index (κ1) is 21.3. The van der Waals surface area contributed by atoms with Crippen LogP contribution in [-0.4, -0.2) is 38.5 Å². The zero-order chi connectivity index (χ0) is 23.9. The fraction of sp³-hybridized carbons (Fsp3) is 0.160. The van der Waals surface area contributed by atoms with Gasteiger partial charge in [0.15, 0.2) is 0 Å². The van der Waals surface area contributed by atoms with Gasteiger partial charge in [-0.05, 0) is 37.6 Å². The third-order valence-electron chi connectivity index (χ3n) is 5.92. The van der Waals surface area contributed by atoms with Gasteiger partial charge in [-0.25, -0.2) is 14.3 Å². The first-order valence-electron chi connectivity index (χ1n) is 10.8. The van der Waals surface area contributed by atoms with E-state index in [1.165, 1.54) is 6.21 Å². The number of rotatable bonds is 5. The molecule has 1 aliphatic rings. The summed E-state index contributed by atoms with van der Waals surface area (Å²) in [5.41, 5.74) is 0.666. The summed E-state index contributed by atoms with van der Waals surface area (Å²) in [6, 6.07) is 17.6. The number of hydrazone groups is 1. The van der Waals surface area contributed by atoms with Crippen molar-refractivity contribution >= 4 is 29.1 Å². The van der Waals surface area contributed by atoms with E-state index >= 15 is 0 Å². The quantitative estimate of drug-likeness (QED) is 0.280. The lowest BCUT2D eigenvalue weighted by atomic mass is 10.00. The van der Waals surface area contributed by atoms with Gasteiger partial charge in [-0.3, -0.25) is 4.79 Å². The highest BCUT2D eigenvalue weighted by molar-refractivity contribution is 6.07. The molecule has 0 saturated carbocycles. The van der Waals surface area contributed by atoms with Crippen LogP contribution in [0.5, 0.6) is 0 Å². The molecule has 0 aliphatic carbocycles. The van der Waals surface area contributed by atoms with Gasteiger partial charge in [0.25, 0.3) is 5.91 Å². The van der Waals surface area contributed by atoms with Crippen LogP contribution in [0.4, 0.5) is 4.79 Å². The Bertz CT molecular complexity index is 1500. The van der Waals surface area contributed by atoms with Gasteiger partial charge in [0, 0.05) is 17.1 Å². The zero-order valence-corrected chi connectivity index (χ0v) is 18.6. The van der Waals surface area contributed by atoms with E-state index in [9.17, 15) is 14.4 Å². The molecule has 1 atom stereocenters. The number of benzene rings is 2. The van der Waals surface area contributed by atoms with Gasteiger partial charge in [0.2, 0.25) is 0 Å². The number of hydrogen-bond donors (Lipinski definition) is 1. The van der Waals surface area contributed by atoms with Crippen LogP contribution in [0.3, 0.4) is 0 Å². The monoisotopic (exact) mass is 455 g/mol. The molecule has 0 bridgehead atoms. The molecule has 2 aromatic heterocycles. The number of urea groups is 1. The molecular weight excluding hydrogens is 434 g/mol. The Labute approximate surface area is 194 Å². The van der Waals surface area contributed by atoms with E-state index < -0.39 is 23.1 Å². The largest absolute Gasteiger partial charge is 0.422 e. The fourth-order valence-corrected chi connectivity index (χ4v) is 3.76. The van der Waals surface area contributed by atoms with Crippen LogP contribution in [0.25, 0.3) is 27.9 Å². The van der Waals surface area contributed by atoms with E-state index in [1.54, 1.807) is 36.0 Å². The third kappa shape index (κ3) is 3.57. The minimum absolute atomic E-state index is 0.241. The SMILES string of the molecule is CC[C@@]1(C)NC(=O)N(/N=C\c2cn(-c3ccccc3)nc2-c2cc3ccccc3oc2=O)C1=O. The molecule has 0 unspecified atom stereocenters. The lowest BCUT2D eigenvalue weighted by Crippen LogP contribution is -2.42. The fourth-order valence-electron chi connectivity index (χ4n) is 3.76. The first-order valence-corrected chi connectivity index (χ1v) is 10.8.